The molecule has 0 spiro atoms. The monoisotopic (exact) mass is 337 g/mol. The zero-order valence-corrected chi connectivity index (χ0v) is 11.8. The molecule has 1 aromatic rings. The van der Waals surface area contributed by atoms with Crippen molar-refractivity contribution in [2.45, 2.75) is 25.6 Å². The Hall–Kier alpha value is -0.750. The smallest absolute Gasteiger partial charge is 0.393 e. The molecule has 1 atom stereocenters. The molecule has 6 heteroatoms. The average Bonchev–Trinajstić information content (AvgIpc) is 2.34. The summed E-state index contributed by atoms with van der Waals surface area (Å²) in [5.41, 5.74) is 0.650. The number of aromatic hydroxyl groups is 1. The van der Waals surface area contributed by atoms with E-state index in [0.717, 1.165) is 0 Å². The van der Waals surface area contributed by atoms with Crippen molar-refractivity contribution < 1.29 is 18.3 Å². The van der Waals surface area contributed by atoms with Gasteiger partial charge in [0, 0.05) is 18.7 Å². The molecule has 1 heterocycles. The predicted molar refractivity (Wildman–Crippen MR) is 69.9 cm³/mol. The average molecular weight is 338 g/mol. The topological polar surface area (TPSA) is 23.5 Å². The van der Waals surface area contributed by atoms with Crippen molar-refractivity contribution in [1.29, 1.82) is 0 Å². The highest BCUT2D eigenvalue weighted by molar-refractivity contribution is 9.10. The van der Waals surface area contributed by atoms with Gasteiger partial charge in [-0.1, -0.05) is 12.1 Å². The van der Waals surface area contributed by atoms with Gasteiger partial charge in [-0.05, 0) is 41.4 Å². The molecule has 0 amide bonds. The van der Waals surface area contributed by atoms with Gasteiger partial charge in [-0.25, -0.2) is 0 Å². The summed E-state index contributed by atoms with van der Waals surface area (Å²) in [6.45, 7) is 0.992. The van der Waals surface area contributed by atoms with Crippen LogP contribution in [0.5, 0.6) is 5.75 Å². The molecule has 106 valence electrons. The highest BCUT2D eigenvalue weighted by Crippen LogP contribution is 2.34. The van der Waals surface area contributed by atoms with Crippen molar-refractivity contribution in [3.05, 3.63) is 28.2 Å². The quantitative estimate of drug-likeness (QED) is 0.883. The second-order valence-electron chi connectivity index (χ2n) is 4.86. The number of piperidine rings is 1. The lowest BCUT2D eigenvalue weighted by Gasteiger charge is -2.33. The van der Waals surface area contributed by atoms with E-state index in [4.69, 9.17) is 0 Å². The Bertz CT molecular complexity index is 450. The Morgan fingerprint density at radius 3 is 2.79 bits per heavy atom. The van der Waals surface area contributed by atoms with Crippen LogP contribution in [0.4, 0.5) is 13.2 Å². The van der Waals surface area contributed by atoms with Crippen LogP contribution in [0.3, 0.4) is 0 Å². The lowest BCUT2D eigenvalue weighted by Crippen LogP contribution is -2.41. The molecule has 1 N–H and O–H groups in total. The van der Waals surface area contributed by atoms with E-state index in [1.165, 1.54) is 0 Å². The number of hydrogen-bond donors (Lipinski definition) is 1. The van der Waals surface area contributed by atoms with Crippen LogP contribution in [0, 0.1) is 5.92 Å². The fourth-order valence-electron chi connectivity index (χ4n) is 2.39. The fourth-order valence-corrected chi connectivity index (χ4v) is 2.80. The van der Waals surface area contributed by atoms with Crippen LogP contribution >= 0.6 is 15.9 Å². The molecule has 1 aliphatic rings. The summed E-state index contributed by atoms with van der Waals surface area (Å²) in [6.07, 6.45) is -3.39. The van der Waals surface area contributed by atoms with Crippen LogP contribution in [0.15, 0.2) is 22.7 Å². The van der Waals surface area contributed by atoms with E-state index in [9.17, 15) is 18.3 Å². The second kappa shape index (κ2) is 5.71. The zero-order chi connectivity index (χ0) is 14.0. The molecule has 1 aliphatic heterocycles. The Morgan fingerprint density at radius 1 is 1.37 bits per heavy atom. The van der Waals surface area contributed by atoms with E-state index < -0.39 is 12.1 Å². The number of likely N-dealkylation sites (tertiary alicyclic amines) is 1. The van der Waals surface area contributed by atoms with Crippen LogP contribution in [-0.4, -0.2) is 29.3 Å². The molecule has 0 saturated carbocycles. The molecule has 1 fully saturated rings. The Labute approximate surface area is 118 Å². The third kappa shape index (κ3) is 3.63. The largest absolute Gasteiger partial charge is 0.506 e. The van der Waals surface area contributed by atoms with Crippen LogP contribution in [0.2, 0.25) is 0 Å². The summed E-state index contributed by atoms with van der Waals surface area (Å²) in [5.74, 6) is -1.15. The minimum Gasteiger partial charge on any atom is -0.506 e. The van der Waals surface area contributed by atoms with Gasteiger partial charge >= 0.3 is 6.18 Å². The second-order valence-corrected chi connectivity index (χ2v) is 5.72. The molecule has 2 rings (SSSR count). The first-order chi connectivity index (χ1) is 8.88. The van der Waals surface area contributed by atoms with Gasteiger partial charge in [-0.15, -0.1) is 0 Å². The number of nitrogens with zero attached hydrogens (tertiary/aromatic N) is 1. The SMILES string of the molecule is Oc1c(Br)cccc1CN1CCCC(C(F)(F)F)C1. The van der Waals surface area contributed by atoms with Crippen LogP contribution in [0.25, 0.3) is 0 Å². The standard InChI is InChI=1S/C13H15BrF3NO/c14-11-5-1-3-9(12(11)19)7-18-6-2-4-10(8-18)13(15,16)17/h1,3,5,10,19H,2,4,6-8H2. The molecule has 0 aliphatic carbocycles. The van der Waals surface area contributed by atoms with Crippen LogP contribution in [0.1, 0.15) is 18.4 Å². The number of phenolic OH excluding ortho intramolecular Hbond substituents is 1. The number of para-hydroxylation sites is 1. The van der Waals surface area contributed by atoms with Gasteiger partial charge in [-0.2, -0.15) is 13.2 Å². The third-order valence-corrected chi connectivity index (χ3v) is 4.07. The number of rotatable bonds is 2. The van der Waals surface area contributed by atoms with E-state index in [2.05, 4.69) is 15.9 Å². The van der Waals surface area contributed by atoms with E-state index >= 15 is 0 Å². The zero-order valence-electron chi connectivity index (χ0n) is 10.3. The van der Waals surface area contributed by atoms with E-state index in [1.807, 2.05) is 0 Å². The number of benzene rings is 1. The van der Waals surface area contributed by atoms with Gasteiger partial charge in [0.25, 0.3) is 0 Å². The lowest BCUT2D eigenvalue weighted by atomic mass is 9.97. The molecule has 1 saturated heterocycles. The van der Waals surface area contributed by atoms with Gasteiger partial charge in [0.15, 0.2) is 0 Å². The molecule has 0 aromatic heterocycles. The first-order valence-electron chi connectivity index (χ1n) is 6.13. The summed E-state index contributed by atoms with van der Waals surface area (Å²) in [7, 11) is 0. The maximum Gasteiger partial charge on any atom is 0.393 e. The minimum absolute atomic E-state index is 0.00938. The highest BCUT2D eigenvalue weighted by Gasteiger charge is 2.41. The van der Waals surface area contributed by atoms with Crippen molar-refractivity contribution in [2.24, 2.45) is 5.92 Å². The Kier molecular flexibility index (Phi) is 4.40. The van der Waals surface area contributed by atoms with Crippen molar-refractivity contribution in [1.82, 2.24) is 4.90 Å². The van der Waals surface area contributed by atoms with Gasteiger partial charge in [-0.3, -0.25) is 4.90 Å². The molecule has 0 bridgehead atoms. The normalized spacial score (nSPS) is 21.6. The fraction of sp³-hybridized carbons (Fsp3) is 0.538. The summed E-state index contributed by atoms with van der Waals surface area (Å²) < 4.78 is 38.7. The van der Waals surface area contributed by atoms with Crippen molar-refractivity contribution in [2.75, 3.05) is 13.1 Å². The highest BCUT2D eigenvalue weighted by atomic mass is 79.9. The van der Waals surface area contributed by atoms with Crippen molar-refractivity contribution >= 4 is 15.9 Å². The predicted octanol–water partition coefficient (Wildman–Crippen LogP) is 3.93. The summed E-state index contributed by atoms with van der Waals surface area (Å²) >= 11 is 3.21. The number of phenols is 1. The molecule has 1 aromatic carbocycles. The van der Waals surface area contributed by atoms with E-state index in [1.54, 1.807) is 23.1 Å². The molecule has 1 unspecified atom stereocenters. The van der Waals surface area contributed by atoms with Crippen LogP contribution in [-0.2, 0) is 6.54 Å². The Morgan fingerprint density at radius 2 is 2.11 bits per heavy atom. The van der Waals surface area contributed by atoms with E-state index in [0.29, 0.717) is 29.5 Å². The first-order valence-corrected chi connectivity index (χ1v) is 6.92. The number of alkyl halides is 3. The van der Waals surface area contributed by atoms with Crippen LogP contribution < -0.4 is 0 Å². The van der Waals surface area contributed by atoms with E-state index in [-0.39, 0.29) is 18.7 Å². The van der Waals surface area contributed by atoms with Gasteiger partial charge in [0.2, 0.25) is 0 Å². The molecular weight excluding hydrogens is 323 g/mol. The van der Waals surface area contributed by atoms with Gasteiger partial charge < -0.3 is 5.11 Å². The third-order valence-electron chi connectivity index (χ3n) is 3.43. The number of hydrogen-bond acceptors (Lipinski definition) is 2. The summed E-state index contributed by atoms with van der Waals surface area (Å²) in [5, 5.41) is 9.86. The maximum atomic E-state index is 12.7. The number of halogens is 4. The molecule has 2 nitrogen and oxygen atoms in total. The van der Waals surface area contributed by atoms with Gasteiger partial charge in [0.1, 0.15) is 5.75 Å². The van der Waals surface area contributed by atoms with Gasteiger partial charge in [0.05, 0.1) is 10.4 Å². The minimum atomic E-state index is -4.13. The molecule has 0 radical (unpaired) electrons. The van der Waals surface area contributed by atoms with Crippen molar-refractivity contribution in [3.8, 4) is 5.75 Å². The lowest BCUT2D eigenvalue weighted by molar-refractivity contribution is -0.187. The summed E-state index contributed by atoms with van der Waals surface area (Å²) in [4.78, 5) is 1.75. The molecule has 19 heavy (non-hydrogen) atoms. The summed E-state index contributed by atoms with van der Waals surface area (Å²) in [6, 6.07) is 5.20. The molecular formula is C13H15BrF3NO. The maximum absolute atomic E-state index is 12.7. The Balaban J connectivity index is 2.05. The first kappa shape index (κ1) is 14.7. The van der Waals surface area contributed by atoms with Crippen molar-refractivity contribution in [3.63, 3.8) is 0 Å².